The average molecular weight is 444 g/mol. The SMILES string of the molecule is CCC(C)COc1ccc(C(C)(C)c2cc(Cl)c(OCCCCl)c(Cl)c2)cc1. The van der Waals surface area contributed by atoms with Crippen LogP contribution >= 0.6 is 34.8 Å². The molecule has 1 unspecified atom stereocenters. The van der Waals surface area contributed by atoms with E-state index in [2.05, 4.69) is 39.8 Å². The van der Waals surface area contributed by atoms with Gasteiger partial charge in [0.25, 0.3) is 0 Å². The molecule has 2 aromatic carbocycles. The number of alkyl halides is 1. The normalized spacial score (nSPS) is 12.7. The first-order chi connectivity index (χ1) is 13.3. The lowest BCUT2D eigenvalue weighted by atomic mass is 9.78. The first-order valence-electron chi connectivity index (χ1n) is 9.71. The van der Waals surface area contributed by atoms with Crippen molar-refractivity contribution in [3.8, 4) is 11.5 Å². The molecular weight excluding hydrogens is 415 g/mol. The maximum atomic E-state index is 6.45. The zero-order valence-corrected chi connectivity index (χ0v) is 19.3. The van der Waals surface area contributed by atoms with Crippen LogP contribution in [0.3, 0.4) is 0 Å². The highest BCUT2D eigenvalue weighted by atomic mass is 35.5. The highest BCUT2D eigenvalue weighted by Crippen LogP contribution is 2.40. The van der Waals surface area contributed by atoms with Gasteiger partial charge in [-0.05, 0) is 47.7 Å². The molecule has 0 aliphatic rings. The zero-order chi connectivity index (χ0) is 20.7. The third-order valence-corrected chi connectivity index (χ3v) is 5.88. The van der Waals surface area contributed by atoms with Crippen LogP contribution in [0.25, 0.3) is 0 Å². The van der Waals surface area contributed by atoms with Gasteiger partial charge in [0, 0.05) is 11.3 Å². The maximum Gasteiger partial charge on any atom is 0.156 e. The summed E-state index contributed by atoms with van der Waals surface area (Å²) in [6, 6.07) is 12.1. The van der Waals surface area contributed by atoms with Crippen LogP contribution in [0.4, 0.5) is 0 Å². The van der Waals surface area contributed by atoms with Crippen LogP contribution in [0.15, 0.2) is 36.4 Å². The Hall–Kier alpha value is -1.09. The largest absolute Gasteiger partial charge is 0.493 e. The van der Waals surface area contributed by atoms with E-state index in [1.807, 2.05) is 24.3 Å². The summed E-state index contributed by atoms with van der Waals surface area (Å²) in [5.74, 6) is 2.49. The Bertz CT molecular complexity index is 734. The van der Waals surface area contributed by atoms with Crippen LogP contribution < -0.4 is 9.47 Å². The number of hydrogen-bond donors (Lipinski definition) is 0. The molecule has 0 amide bonds. The molecule has 28 heavy (non-hydrogen) atoms. The second-order valence-electron chi connectivity index (χ2n) is 7.63. The fraction of sp³-hybridized carbons (Fsp3) is 0.478. The van der Waals surface area contributed by atoms with E-state index in [1.54, 1.807) is 0 Å². The molecule has 1 atom stereocenters. The van der Waals surface area contributed by atoms with E-state index in [0.29, 0.717) is 34.2 Å². The van der Waals surface area contributed by atoms with E-state index in [4.69, 9.17) is 44.3 Å². The van der Waals surface area contributed by atoms with Gasteiger partial charge in [-0.1, -0.05) is 69.5 Å². The minimum absolute atomic E-state index is 0.267. The van der Waals surface area contributed by atoms with Crippen LogP contribution in [-0.2, 0) is 5.41 Å². The number of halogens is 3. The van der Waals surface area contributed by atoms with Gasteiger partial charge in [0.2, 0.25) is 0 Å². The third kappa shape index (κ3) is 5.95. The fourth-order valence-electron chi connectivity index (χ4n) is 2.78. The summed E-state index contributed by atoms with van der Waals surface area (Å²) in [5, 5.41) is 1.03. The molecule has 0 aliphatic carbocycles. The molecule has 0 radical (unpaired) electrons. The third-order valence-electron chi connectivity index (χ3n) is 5.05. The van der Waals surface area contributed by atoms with E-state index in [-0.39, 0.29) is 5.41 Å². The predicted octanol–water partition coefficient (Wildman–Crippen LogP) is 7.75. The Kier molecular flexibility index (Phi) is 8.80. The molecule has 0 heterocycles. The monoisotopic (exact) mass is 442 g/mol. The number of ether oxygens (including phenoxy) is 2. The molecule has 154 valence electrons. The summed E-state index contributed by atoms with van der Waals surface area (Å²) >= 11 is 18.6. The molecule has 2 rings (SSSR count). The van der Waals surface area contributed by atoms with Gasteiger partial charge in [-0.2, -0.15) is 0 Å². The van der Waals surface area contributed by atoms with Crippen LogP contribution in [0.1, 0.15) is 51.7 Å². The van der Waals surface area contributed by atoms with E-state index >= 15 is 0 Å². The van der Waals surface area contributed by atoms with Crippen LogP contribution in [0, 0.1) is 5.92 Å². The topological polar surface area (TPSA) is 18.5 Å². The van der Waals surface area contributed by atoms with E-state index in [9.17, 15) is 0 Å². The lowest BCUT2D eigenvalue weighted by Gasteiger charge is -2.27. The van der Waals surface area contributed by atoms with Crippen LogP contribution in [0.5, 0.6) is 11.5 Å². The second kappa shape index (κ2) is 10.6. The summed E-state index contributed by atoms with van der Waals surface area (Å²) in [6.45, 7) is 9.88. The van der Waals surface area contributed by atoms with Crippen LogP contribution in [-0.4, -0.2) is 19.1 Å². The van der Waals surface area contributed by atoms with E-state index in [0.717, 1.165) is 36.3 Å². The molecule has 0 bridgehead atoms. The molecule has 2 nitrogen and oxygen atoms in total. The summed E-state index contributed by atoms with van der Waals surface area (Å²) in [7, 11) is 0. The van der Waals surface area contributed by atoms with E-state index < -0.39 is 0 Å². The quantitative estimate of drug-likeness (QED) is 0.276. The van der Waals surface area contributed by atoms with Crippen molar-refractivity contribution in [2.45, 2.75) is 46.0 Å². The van der Waals surface area contributed by atoms with Gasteiger partial charge in [-0.15, -0.1) is 11.6 Å². The molecule has 0 N–H and O–H groups in total. The Morgan fingerprint density at radius 3 is 2.11 bits per heavy atom. The predicted molar refractivity (Wildman–Crippen MR) is 121 cm³/mol. The number of benzene rings is 2. The zero-order valence-electron chi connectivity index (χ0n) is 17.0. The Balaban J connectivity index is 2.19. The molecule has 2 aromatic rings. The van der Waals surface area contributed by atoms with Crippen molar-refractivity contribution in [2.75, 3.05) is 19.1 Å². The first kappa shape index (κ1) is 23.2. The molecule has 0 spiro atoms. The molecule has 0 saturated heterocycles. The standard InChI is InChI=1S/C23H29Cl3O2/c1-5-16(2)15-28-19-9-7-17(8-10-19)23(3,4)18-13-20(25)22(21(26)14-18)27-12-6-11-24/h7-10,13-14,16H,5-6,11-12,15H2,1-4H3. The summed E-state index contributed by atoms with van der Waals surface area (Å²) in [6.07, 6.45) is 1.85. The minimum Gasteiger partial charge on any atom is -0.493 e. The maximum absolute atomic E-state index is 6.45. The molecular formula is C23H29Cl3O2. The van der Waals surface area contributed by atoms with Gasteiger partial charge in [0.15, 0.2) is 5.75 Å². The Labute approximate surface area is 184 Å². The van der Waals surface area contributed by atoms with Gasteiger partial charge < -0.3 is 9.47 Å². The van der Waals surface area contributed by atoms with Gasteiger partial charge in [-0.3, -0.25) is 0 Å². The van der Waals surface area contributed by atoms with Gasteiger partial charge in [-0.25, -0.2) is 0 Å². The van der Waals surface area contributed by atoms with Gasteiger partial charge in [0.1, 0.15) is 5.75 Å². The summed E-state index contributed by atoms with van der Waals surface area (Å²) < 4.78 is 11.6. The summed E-state index contributed by atoms with van der Waals surface area (Å²) in [4.78, 5) is 0. The van der Waals surface area contributed by atoms with Crippen molar-refractivity contribution < 1.29 is 9.47 Å². The highest BCUT2D eigenvalue weighted by molar-refractivity contribution is 6.37. The van der Waals surface area contributed by atoms with Crippen molar-refractivity contribution in [1.82, 2.24) is 0 Å². The van der Waals surface area contributed by atoms with Crippen molar-refractivity contribution in [2.24, 2.45) is 5.92 Å². The highest BCUT2D eigenvalue weighted by Gasteiger charge is 2.25. The molecule has 5 heteroatoms. The number of hydrogen-bond acceptors (Lipinski definition) is 2. The molecule has 0 fully saturated rings. The lowest BCUT2D eigenvalue weighted by molar-refractivity contribution is 0.256. The number of rotatable bonds is 10. The Morgan fingerprint density at radius 1 is 0.964 bits per heavy atom. The smallest absolute Gasteiger partial charge is 0.156 e. The van der Waals surface area contributed by atoms with Crippen molar-refractivity contribution >= 4 is 34.8 Å². The molecule has 0 saturated carbocycles. The first-order valence-corrected chi connectivity index (χ1v) is 11.0. The van der Waals surface area contributed by atoms with Gasteiger partial charge >= 0.3 is 0 Å². The lowest BCUT2D eigenvalue weighted by Crippen LogP contribution is -2.19. The van der Waals surface area contributed by atoms with Crippen LogP contribution in [0.2, 0.25) is 10.0 Å². The summed E-state index contributed by atoms with van der Waals surface area (Å²) in [5.41, 5.74) is 1.92. The minimum atomic E-state index is -0.267. The molecule has 0 aliphatic heterocycles. The fourth-order valence-corrected chi connectivity index (χ4v) is 3.48. The van der Waals surface area contributed by atoms with Crippen molar-refractivity contribution in [3.63, 3.8) is 0 Å². The van der Waals surface area contributed by atoms with Crippen molar-refractivity contribution in [1.29, 1.82) is 0 Å². The molecule has 0 aromatic heterocycles. The van der Waals surface area contributed by atoms with Gasteiger partial charge in [0.05, 0.1) is 23.3 Å². The average Bonchev–Trinajstić information content (AvgIpc) is 2.68. The van der Waals surface area contributed by atoms with E-state index in [1.165, 1.54) is 0 Å². The second-order valence-corrected chi connectivity index (χ2v) is 8.83. The van der Waals surface area contributed by atoms with Crippen molar-refractivity contribution in [3.05, 3.63) is 57.6 Å². The Morgan fingerprint density at radius 2 is 1.57 bits per heavy atom.